The molecule has 1 aromatic carbocycles. The summed E-state index contributed by atoms with van der Waals surface area (Å²) in [6.07, 6.45) is 1.91. The highest BCUT2D eigenvalue weighted by molar-refractivity contribution is 6.31. The number of hydrogen-bond acceptors (Lipinski definition) is 4. The first kappa shape index (κ1) is 17.1. The van der Waals surface area contributed by atoms with Crippen molar-refractivity contribution >= 4 is 29.0 Å². The Morgan fingerprint density at radius 3 is 2.78 bits per heavy atom. The van der Waals surface area contributed by atoms with Gasteiger partial charge in [0.15, 0.2) is 0 Å². The molecule has 0 saturated carbocycles. The van der Waals surface area contributed by atoms with Gasteiger partial charge in [0.05, 0.1) is 5.02 Å². The van der Waals surface area contributed by atoms with Gasteiger partial charge in [0.2, 0.25) is 0 Å². The number of hydrogen-bond donors (Lipinski definition) is 2. The van der Waals surface area contributed by atoms with Crippen LogP contribution in [0.15, 0.2) is 24.3 Å². The summed E-state index contributed by atoms with van der Waals surface area (Å²) < 4.78 is 13.2. The van der Waals surface area contributed by atoms with Crippen LogP contribution in [0, 0.1) is 12.7 Å². The maximum atomic E-state index is 13.2. The fourth-order valence-electron chi connectivity index (χ4n) is 1.94. The SMILES string of the molecule is CCCCNC(=O)c1cc(Nc2ccc(F)c(Cl)c2)nc(C)n1. The van der Waals surface area contributed by atoms with Crippen LogP contribution in [0.5, 0.6) is 0 Å². The number of rotatable bonds is 6. The third kappa shape index (κ3) is 4.89. The number of nitrogens with one attached hydrogen (secondary N) is 2. The van der Waals surface area contributed by atoms with Gasteiger partial charge in [-0.25, -0.2) is 14.4 Å². The minimum absolute atomic E-state index is 0.0123. The molecule has 7 heteroatoms. The van der Waals surface area contributed by atoms with E-state index in [0.29, 0.717) is 23.9 Å². The Morgan fingerprint density at radius 2 is 2.09 bits per heavy atom. The van der Waals surface area contributed by atoms with Gasteiger partial charge in [0.1, 0.15) is 23.2 Å². The lowest BCUT2D eigenvalue weighted by Gasteiger charge is -2.09. The Balaban J connectivity index is 2.16. The van der Waals surface area contributed by atoms with Gasteiger partial charge < -0.3 is 10.6 Å². The van der Waals surface area contributed by atoms with Crippen molar-refractivity contribution in [3.63, 3.8) is 0 Å². The van der Waals surface area contributed by atoms with E-state index in [0.717, 1.165) is 12.8 Å². The molecule has 0 bridgehead atoms. The summed E-state index contributed by atoms with van der Waals surface area (Å²) in [6.45, 7) is 4.36. The molecule has 0 unspecified atom stereocenters. The van der Waals surface area contributed by atoms with E-state index >= 15 is 0 Å². The van der Waals surface area contributed by atoms with Crippen LogP contribution < -0.4 is 10.6 Å². The third-order valence-corrected chi connectivity index (χ3v) is 3.37. The van der Waals surface area contributed by atoms with Gasteiger partial charge >= 0.3 is 0 Å². The van der Waals surface area contributed by atoms with Crippen LogP contribution in [0.1, 0.15) is 36.1 Å². The lowest BCUT2D eigenvalue weighted by Crippen LogP contribution is -2.25. The second kappa shape index (κ2) is 7.87. The molecule has 0 radical (unpaired) electrons. The van der Waals surface area contributed by atoms with Crippen molar-refractivity contribution in [2.24, 2.45) is 0 Å². The summed E-state index contributed by atoms with van der Waals surface area (Å²) in [4.78, 5) is 20.4. The normalized spacial score (nSPS) is 10.4. The van der Waals surface area contributed by atoms with Crippen LogP contribution in [0.25, 0.3) is 0 Å². The summed E-state index contributed by atoms with van der Waals surface area (Å²) in [5.41, 5.74) is 0.858. The van der Waals surface area contributed by atoms with Gasteiger partial charge in [-0.2, -0.15) is 0 Å². The van der Waals surface area contributed by atoms with Gasteiger partial charge in [-0.05, 0) is 31.5 Å². The molecule has 0 aliphatic heterocycles. The quantitative estimate of drug-likeness (QED) is 0.786. The fourth-order valence-corrected chi connectivity index (χ4v) is 2.12. The van der Waals surface area contributed by atoms with Gasteiger partial charge in [-0.15, -0.1) is 0 Å². The molecule has 2 aromatic rings. The van der Waals surface area contributed by atoms with Crippen molar-refractivity contribution in [1.82, 2.24) is 15.3 Å². The molecule has 23 heavy (non-hydrogen) atoms. The molecular weight excluding hydrogens is 319 g/mol. The molecule has 2 rings (SSSR count). The Labute approximate surface area is 139 Å². The number of benzene rings is 1. The highest BCUT2D eigenvalue weighted by Crippen LogP contribution is 2.22. The van der Waals surface area contributed by atoms with E-state index in [1.54, 1.807) is 19.1 Å². The summed E-state index contributed by atoms with van der Waals surface area (Å²) in [6, 6.07) is 5.80. The lowest BCUT2D eigenvalue weighted by molar-refractivity contribution is 0.0948. The van der Waals surface area contributed by atoms with E-state index in [1.807, 2.05) is 0 Å². The van der Waals surface area contributed by atoms with Crippen LogP contribution in [-0.2, 0) is 0 Å². The number of aromatic nitrogens is 2. The molecule has 0 atom stereocenters. The number of carbonyl (C=O) groups excluding carboxylic acids is 1. The molecule has 2 N–H and O–H groups in total. The largest absolute Gasteiger partial charge is 0.351 e. The number of unbranched alkanes of at least 4 members (excludes halogenated alkanes) is 1. The van der Waals surface area contributed by atoms with Crippen LogP contribution in [0.3, 0.4) is 0 Å². The van der Waals surface area contributed by atoms with E-state index in [2.05, 4.69) is 27.5 Å². The summed E-state index contributed by atoms with van der Waals surface area (Å²) >= 11 is 5.75. The first-order chi connectivity index (χ1) is 11.0. The number of nitrogens with zero attached hydrogens (tertiary/aromatic N) is 2. The number of halogens is 2. The number of carbonyl (C=O) groups is 1. The zero-order valence-corrected chi connectivity index (χ0v) is 13.7. The van der Waals surface area contributed by atoms with Crippen LogP contribution >= 0.6 is 11.6 Å². The van der Waals surface area contributed by atoms with Crippen molar-refractivity contribution in [3.8, 4) is 0 Å². The second-order valence-electron chi connectivity index (χ2n) is 5.05. The van der Waals surface area contributed by atoms with Crippen molar-refractivity contribution < 1.29 is 9.18 Å². The molecule has 0 spiro atoms. The number of anilines is 2. The van der Waals surface area contributed by atoms with Gasteiger partial charge in [0, 0.05) is 18.3 Å². The van der Waals surface area contributed by atoms with Crippen molar-refractivity contribution in [2.45, 2.75) is 26.7 Å². The van der Waals surface area contributed by atoms with E-state index in [4.69, 9.17) is 11.6 Å². The van der Waals surface area contributed by atoms with E-state index < -0.39 is 5.82 Å². The van der Waals surface area contributed by atoms with Crippen LogP contribution in [-0.4, -0.2) is 22.4 Å². The second-order valence-corrected chi connectivity index (χ2v) is 5.46. The topological polar surface area (TPSA) is 66.9 Å². The Hall–Kier alpha value is -2.21. The summed E-state index contributed by atoms with van der Waals surface area (Å²) in [5.74, 6) is 0.167. The summed E-state index contributed by atoms with van der Waals surface area (Å²) in [7, 11) is 0. The molecule has 5 nitrogen and oxygen atoms in total. The Morgan fingerprint density at radius 1 is 1.30 bits per heavy atom. The highest BCUT2D eigenvalue weighted by Gasteiger charge is 2.10. The van der Waals surface area contributed by atoms with Crippen molar-refractivity contribution in [2.75, 3.05) is 11.9 Å². The van der Waals surface area contributed by atoms with E-state index in [1.165, 1.54) is 12.1 Å². The summed E-state index contributed by atoms with van der Waals surface area (Å²) in [5, 5.41) is 5.81. The highest BCUT2D eigenvalue weighted by atomic mass is 35.5. The predicted octanol–water partition coefficient (Wildman–Crippen LogP) is 3.85. The van der Waals surface area contributed by atoms with E-state index in [9.17, 15) is 9.18 Å². The molecule has 0 saturated heterocycles. The van der Waals surface area contributed by atoms with Gasteiger partial charge in [-0.1, -0.05) is 24.9 Å². The standard InChI is InChI=1S/C16H18ClFN4O/c1-3-4-7-19-16(23)14-9-15(21-10(2)20-14)22-11-5-6-13(18)12(17)8-11/h5-6,8-9H,3-4,7H2,1-2H3,(H,19,23)(H,20,21,22). The Bertz CT molecular complexity index is 708. The molecular formula is C16H18ClFN4O. The average Bonchev–Trinajstić information content (AvgIpc) is 2.50. The first-order valence-electron chi connectivity index (χ1n) is 7.35. The zero-order chi connectivity index (χ0) is 16.8. The van der Waals surface area contributed by atoms with Crippen molar-refractivity contribution in [3.05, 3.63) is 46.6 Å². The number of aryl methyl sites for hydroxylation is 1. The molecule has 122 valence electrons. The molecule has 1 aromatic heterocycles. The molecule has 0 aliphatic carbocycles. The monoisotopic (exact) mass is 336 g/mol. The molecule has 0 aliphatic rings. The zero-order valence-electron chi connectivity index (χ0n) is 13.0. The van der Waals surface area contributed by atoms with Crippen LogP contribution in [0.2, 0.25) is 5.02 Å². The smallest absolute Gasteiger partial charge is 0.270 e. The molecule has 0 fully saturated rings. The molecule has 1 amide bonds. The maximum Gasteiger partial charge on any atom is 0.270 e. The van der Waals surface area contributed by atoms with E-state index in [-0.39, 0.29) is 16.6 Å². The maximum absolute atomic E-state index is 13.2. The number of amides is 1. The third-order valence-electron chi connectivity index (χ3n) is 3.08. The fraction of sp³-hybridized carbons (Fsp3) is 0.312. The molecule has 1 heterocycles. The predicted molar refractivity (Wildman–Crippen MR) is 88.7 cm³/mol. The first-order valence-corrected chi connectivity index (χ1v) is 7.73. The minimum Gasteiger partial charge on any atom is -0.351 e. The van der Waals surface area contributed by atoms with Gasteiger partial charge in [0.25, 0.3) is 5.91 Å². The lowest BCUT2D eigenvalue weighted by atomic mass is 10.3. The van der Waals surface area contributed by atoms with Crippen LogP contribution in [0.4, 0.5) is 15.9 Å². The average molecular weight is 337 g/mol. The van der Waals surface area contributed by atoms with Gasteiger partial charge in [-0.3, -0.25) is 4.79 Å². The van der Waals surface area contributed by atoms with Crippen molar-refractivity contribution in [1.29, 1.82) is 0 Å². The minimum atomic E-state index is -0.493. The Kier molecular flexibility index (Phi) is 5.87.